The van der Waals surface area contributed by atoms with E-state index in [4.69, 9.17) is 4.74 Å². The molecule has 0 aliphatic heterocycles. The van der Waals surface area contributed by atoms with Crippen LogP contribution in [0.25, 0.3) is 0 Å². The van der Waals surface area contributed by atoms with E-state index in [2.05, 4.69) is 9.97 Å². The van der Waals surface area contributed by atoms with Crippen LogP contribution in [0.3, 0.4) is 0 Å². The number of pyridine rings is 2. The first kappa shape index (κ1) is 15.7. The molecule has 5 nitrogen and oxygen atoms in total. The summed E-state index contributed by atoms with van der Waals surface area (Å²) in [4.78, 5) is 22.8. The Morgan fingerprint density at radius 1 is 1.04 bits per heavy atom. The molecule has 0 aliphatic carbocycles. The van der Waals surface area contributed by atoms with Crippen LogP contribution in [-0.2, 0) is 6.54 Å². The maximum Gasteiger partial charge on any atom is 0.260 e. The van der Waals surface area contributed by atoms with Crippen molar-refractivity contribution < 1.29 is 9.53 Å². The van der Waals surface area contributed by atoms with E-state index in [1.165, 1.54) is 0 Å². The second-order valence-electron chi connectivity index (χ2n) is 5.20. The van der Waals surface area contributed by atoms with Crippen LogP contribution in [0.15, 0.2) is 73.3 Å². The van der Waals surface area contributed by atoms with Crippen molar-refractivity contribution in [3.8, 4) is 5.75 Å². The van der Waals surface area contributed by atoms with Gasteiger partial charge in [0.2, 0.25) is 0 Å². The predicted molar refractivity (Wildman–Crippen MR) is 92.0 cm³/mol. The molecule has 0 unspecified atom stereocenters. The van der Waals surface area contributed by atoms with Gasteiger partial charge in [0, 0.05) is 36.5 Å². The monoisotopic (exact) mass is 319 g/mol. The van der Waals surface area contributed by atoms with Crippen LogP contribution in [0.5, 0.6) is 5.75 Å². The predicted octanol–water partition coefficient (Wildman–Crippen LogP) is 3.33. The molecule has 24 heavy (non-hydrogen) atoms. The lowest BCUT2D eigenvalue weighted by Gasteiger charge is -2.23. The van der Waals surface area contributed by atoms with Crippen molar-refractivity contribution >= 4 is 11.6 Å². The quantitative estimate of drug-likeness (QED) is 0.724. The van der Waals surface area contributed by atoms with Crippen molar-refractivity contribution in [3.63, 3.8) is 0 Å². The minimum atomic E-state index is -0.125. The molecular weight excluding hydrogens is 302 g/mol. The van der Waals surface area contributed by atoms with E-state index in [1.54, 1.807) is 48.9 Å². The average Bonchev–Trinajstić information content (AvgIpc) is 2.67. The van der Waals surface area contributed by atoms with E-state index in [0.717, 1.165) is 11.3 Å². The van der Waals surface area contributed by atoms with Gasteiger partial charge < -0.3 is 9.64 Å². The van der Waals surface area contributed by atoms with Gasteiger partial charge in [0.15, 0.2) is 0 Å². The molecule has 120 valence electrons. The van der Waals surface area contributed by atoms with Gasteiger partial charge in [-0.25, -0.2) is 0 Å². The molecule has 0 fully saturated rings. The van der Waals surface area contributed by atoms with Crippen LogP contribution in [0.4, 0.5) is 5.69 Å². The van der Waals surface area contributed by atoms with Crippen molar-refractivity contribution in [3.05, 3.63) is 84.4 Å². The number of nitrogens with zero attached hydrogens (tertiary/aromatic N) is 3. The third kappa shape index (κ3) is 3.57. The highest BCUT2D eigenvalue weighted by Gasteiger charge is 2.19. The van der Waals surface area contributed by atoms with E-state index in [0.29, 0.717) is 17.9 Å². The van der Waals surface area contributed by atoms with Crippen LogP contribution < -0.4 is 9.64 Å². The summed E-state index contributed by atoms with van der Waals surface area (Å²) in [6.45, 7) is 0.411. The molecule has 0 bridgehead atoms. The Kier molecular flexibility index (Phi) is 4.81. The van der Waals surface area contributed by atoms with Crippen molar-refractivity contribution in [1.82, 2.24) is 9.97 Å². The van der Waals surface area contributed by atoms with Crippen molar-refractivity contribution in [2.75, 3.05) is 12.0 Å². The highest BCUT2D eigenvalue weighted by molar-refractivity contribution is 6.05. The fourth-order valence-electron chi connectivity index (χ4n) is 2.38. The molecule has 0 saturated carbocycles. The summed E-state index contributed by atoms with van der Waals surface area (Å²) >= 11 is 0. The highest BCUT2D eigenvalue weighted by Crippen LogP contribution is 2.24. The first-order valence-corrected chi connectivity index (χ1v) is 7.53. The summed E-state index contributed by atoms with van der Waals surface area (Å²) in [6.07, 6.45) is 6.68. The summed E-state index contributed by atoms with van der Waals surface area (Å²) in [6, 6.07) is 14.7. The number of hydrogen-bond acceptors (Lipinski definition) is 4. The number of aromatic nitrogens is 2. The fourth-order valence-corrected chi connectivity index (χ4v) is 2.38. The summed E-state index contributed by atoms with van der Waals surface area (Å²) in [7, 11) is 1.60. The summed E-state index contributed by atoms with van der Waals surface area (Å²) < 4.78 is 5.28. The van der Waals surface area contributed by atoms with Crippen molar-refractivity contribution in [1.29, 1.82) is 0 Å². The standard InChI is InChI=1S/C19H17N3O2/c1-24-18-8-2-7-17(11-18)22(14-15-5-3-9-20-12-15)19(23)16-6-4-10-21-13-16/h2-13H,14H2,1H3. The number of hydrogen-bond donors (Lipinski definition) is 0. The van der Waals surface area contributed by atoms with E-state index in [9.17, 15) is 4.79 Å². The van der Waals surface area contributed by atoms with Gasteiger partial charge in [-0.2, -0.15) is 0 Å². The van der Waals surface area contributed by atoms with E-state index < -0.39 is 0 Å². The SMILES string of the molecule is COc1cccc(N(Cc2cccnc2)C(=O)c2cccnc2)c1. The maximum absolute atomic E-state index is 13.0. The Balaban J connectivity index is 1.98. The lowest BCUT2D eigenvalue weighted by molar-refractivity contribution is 0.0984. The molecule has 3 rings (SSSR count). The minimum Gasteiger partial charge on any atom is -0.497 e. The first-order chi connectivity index (χ1) is 11.8. The molecular formula is C19H17N3O2. The Hall–Kier alpha value is -3.21. The van der Waals surface area contributed by atoms with E-state index in [-0.39, 0.29) is 5.91 Å². The second-order valence-corrected chi connectivity index (χ2v) is 5.20. The van der Waals surface area contributed by atoms with Crippen molar-refractivity contribution in [2.45, 2.75) is 6.54 Å². The van der Waals surface area contributed by atoms with Crippen LogP contribution in [-0.4, -0.2) is 23.0 Å². The molecule has 1 amide bonds. The lowest BCUT2D eigenvalue weighted by atomic mass is 10.1. The molecule has 5 heteroatoms. The molecule has 1 aromatic carbocycles. The number of benzene rings is 1. The van der Waals surface area contributed by atoms with Crippen LogP contribution >= 0.6 is 0 Å². The van der Waals surface area contributed by atoms with Gasteiger partial charge in [-0.1, -0.05) is 12.1 Å². The molecule has 0 saturated heterocycles. The van der Waals surface area contributed by atoms with Gasteiger partial charge in [-0.15, -0.1) is 0 Å². The van der Waals surface area contributed by atoms with Gasteiger partial charge >= 0.3 is 0 Å². The number of anilines is 1. The van der Waals surface area contributed by atoms with Gasteiger partial charge in [-0.3, -0.25) is 14.8 Å². The summed E-state index contributed by atoms with van der Waals surface area (Å²) in [5, 5.41) is 0. The largest absolute Gasteiger partial charge is 0.497 e. The Morgan fingerprint density at radius 3 is 2.50 bits per heavy atom. The normalized spacial score (nSPS) is 10.2. The Morgan fingerprint density at radius 2 is 1.83 bits per heavy atom. The number of carbonyl (C=O) groups excluding carboxylic acids is 1. The third-order valence-corrected chi connectivity index (χ3v) is 3.58. The minimum absolute atomic E-state index is 0.125. The van der Waals surface area contributed by atoms with Crippen LogP contribution in [0.2, 0.25) is 0 Å². The molecule has 2 heterocycles. The molecule has 0 spiro atoms. The molecule has 0 radical (unpaired) electrons. The summed E-state index contributed by atoms with van der Waals surface area (Å²) in [5.74, 6) is 0.572. The number of carbonyl (C=O) groups is 1. The third-order valence-electron chi connectivity index (χ3n) is 3.58. The van der Waals surface area contributed by atoms with Crippen molar-refractivity contribution in [2.24, 2.45) is 0 Å². The molecule has 0 N–H and O–H groups in total. The average molecular weight is 319 g/mol. The van der Waals surface area contributed by atoms with Gasteiger partial charge in [0.25, 0.3) is 5.91 Å². The molecule has 3 aromatic rings. The molecule has 0 atom stereocenters. The van der Waals surface area contributed by atoms with E-state index in [1.807, 2.05) is 36.4 Å². The van der Waals surface area contributed by atoms with Gasteiger partial charge in [0.1, 0.15) is 5.75 Å². The smallest absolute Gasteiger partial charge is 0.260 e. The lowest BCUT2D eigenvalue weighted by Crippen LogP contribution is -2.30. The number of rotatable bonds is 5. The highest BCUT2D eigenvalue weighted by atomic mass is 16.5. The topological polar surface area (TPSA) is 55.3 Å². The second kappa shape index (κ2) is 7.37. The van der Waals surface area contributed by atoms with Gasteiger partial charge in [0.05, 0.1) is 19.2 Å². The first-order valence-electron chi connectivity index (χ1n) is 7.53. The molecule has 0 aliphatic rings. The van der Waals surface area contributed by atoms with Gasteiger partial charge in [-0.05, 0) is 35.9 Å². The number of methoxy groups -OCH3 is 1. The van der Waals surface area contributed by atoms with Crippen LogP contribution in [0, 0.1) is 0 Å². The number of ether oxygens (including phenoxy) is 1. The van der Waals surface area contributed by atoms with E-state index >= 15 is 0 Å². The Labute approximate surface area is 140 Å². The zero-order valence-corrected chi connectivity index (χ0v) is 13.3. The maximum atomic E-state index is 13.0. The number of amides is 1. The zero-order chi connectivity index (χ0) is 16.8. The summed E-state index contributed by atoms with van der Waals surface area (Å²) in [5.41, 5.74) is 2.23. The Bertz CT molecular complexity index is 807. The fraction of sp³-hybridized carbons (Fsp3) is 0.105. The zero-order valence-electron chi connectivity index (χ0n) is 13.3. The van der Waals surface area contributed by atoms with Crippen LogP contribution in [0.1, 0.15) is 15.9 Å². The molecule has 2 aromatic heterocycles.